The van der Waals surface area contributed by atoms with E-state index >= 15 is 4.39 Å². The molecule has 2 N–H and O–H groups in total. The molecule has 1 heterocycles. The summed E-state index contributed by atoms with van der Waals surface area (Å²) in [5, 5.41) is 21.5. The van der Waals surface area contributed by atoms with E-state index in [1.165, 1.54) is 25.3 Å². The van der Waals surface area contributed by atoms with Crippen LogP contribution in [0, 0.1) is 23.0 Å². The quantitative estimate of drug-likeness (QED) is 0.512. The van der Waals surface area contributed by atoms with E-state index in [1.54, 1.807) is 18.2 Å². The molecule has 0 spiro atoms. The summed E-state index contributed by atoms with van der Waals surface area (Å²) in [6, 6.07) is 9.06. The van der Waals surface area contributed by atoms with Crippen molar-refractivity contribution in [3.63, 3.8) is 0 Å². The average Bonchev–Trinajstić information content (AvgIpc) is 2.81. The fourth-order valence-electron chi connectivity index (χ4n) is 4.36. The Bertz CT molecular complexity index is 1050. The number of halogens is 2. The number of methoxy groups -OCH3 is 1. The predicted molar refractivity (Wildman–Crippen MR) is 125 cm³/mol. The highest BCUT2D eigenvalue weighted by Crippen LogP contribution is 2.37. The molecule has 1 saturated heterocycles. The molecule has 1 aliphatic heterocycles. The van der Waals surface area contributed by atoms with Crippen molar-refractivity contribution in [1.29, 1.82) is 5.26 Å². The highest BCUT2D eigenvalue weighted by atomic mass is 19.1. The summed E-state index contributed by atoms with van der Waals surface area (Å²) in [4.78, 5) is 13.5. The summed E-state index contributed by atoms with van der Waals surface area (Å²) in [5.41, 5.74) is 1.62. The van der Waals surface area contributed by atoms with Gasteiger partial charge in [-0.3, -0.25) is 4.79 Å². The number of rotatable bonds is 10. The number of hydrogen-bond acceptors (Lipinski definition) is 6. The summed E-state index contributed by atoms with van der Waals surface area (Å²) in [5.74, 6) is -2.96. The van der Waals surface area contributed by atoms with Gasteiger partial charge in [0.05, 0.1) is 30.0 Å². The van der Waals surface area contributed by atoms with E-state index in [9.17, 15) is 14.3 Å². The van der Waals surface area contributed by atoms with Crippen molar-refractivity contribution in [3.8, 4) is 6.07 Å². The number of hydrogen-bond donors (Lipinski definition) is 2. The lowest BCUT2D eigenvalue weighted by molar-refractivity contribution is -0.137. The van der Waals surface area contributed by atoms with Crippen molar-refractivity contribution in [2.45, 2.75) is 38.1 Å². The largest absolute Gasteiger partial charge is 0.481 e. The van der Waals surface area contributed by atoms with E-state index in [1.807, 2.05) is 6.92 Å². The van der Waals surface area contributed by atoms with Crippen LogP contribution in [0.15, 0.2) is 30.3 Å². The zero-order chi connectivity index (χ0) is 24.7. The van der Waals surface area contributed by atoms with Crippen molar-refractivity contribution in [3.05, 3.63) is 53.1 Å². The first kappa shape index (κ1) is 25.4. The molecule has 182 valence electrons. The number of nitriles is 1. The molecule has 2 aromatic carbocycles. The zero-order valence-corrected chi connectivity index (χ0v) is 19.3. The van der Waals surface area contributed by atoms with Crippen LogP contribution >= 0.6 is 0 Å². The Morgan fingerprint density at radius 1 is 1.29 bits per heavy atom. The third-order valence-electron chi connectivity index (χ3n) is 5.99. The summed E-state index contributed by atoms with van der Waals surface area (Å²) in [7, 11) is 1.43. The van der Waals surface area contributed by atoms with Crippen molar-refractivity contribution < 1.29 is 28.2 Å². The van der Waals surface area contributed by atoms with Crippen LogP contribution in [0.5, 0.6) is 0 Å². The van der Waals surface area contributed by atoms with Gasteiger partial charge >= 0.3 is 5.97 Å². The number of carbonyl (C=O) groups is 1. The highest BCUT2D eigenvalue weighted by molar-refractivity contribution is 5.77. The van der Waals surface area contributed by atoms with Crippen molar-refractivity contribution in [2.75, 3.05) is 43.7 Å². The van der Waals surface area contributed by atoms with Crippen LogP contribution in [0.3, 0.4) is 0 Å². The van der Waals surface area contributed by atoms with Crippen LogP contribution in [0.1, 0.15) is 43.2 Å². The number of carboxylic acid groups (broad SMARTS) is 1. The maximum atomic E-state index is 15.4. The molecule has 34 heavy (non-hydrogen) atoms. The SMILES string of the molecule is CCN(c1cc(F)c(C(COC)CC(=O)O)cc1Nc1ccc(C#N)c(F)c1)C1CCOCC1. The molecule has 1 unspecified atom stereocenters. The van der Waals surface area contributed by atoms with Crippen molar-refractivity contribution in [1.82, 2.24) is 0 Å². The number of ether oxygens (including phenoxy) is 2. The Morgan fingerprint density at radius 3 is 2.62 bits per heavy atom. The third kappa shape index (κ3) is 6.01. The lowest BCUT2D eigenvalue weighted by Crippen LogP contribution is -2.39. The fraction of sp³-hybridized carbons (Fsp3) is 0.440. The molecule has 0 aliphatic carbocycles. The summed E-state index contributed by atoms with van der Waals surface area (Å²) in [6.07, 6.45) is 1.27. The fourth-order valence-corrected chi connectivity index (χ4v) is 4.36. The van der Waals surface area contributed by atoms with Crippen molar-refractivity contribution >= 4 is 23.0 Å². The molecule has 2 aromatic rings. The first-order valence-corrected chi connectivity index (χ1v) is 11.2. The van der Waals surface area contributed by atoms with Gasteiger partial charge in [-0.1, -0.05) is 0 Å². The highest BCUT2D eigenvalue weighted by Gasteiger charge is 2.27. The van der Waals surface area contributed by atoms with Gasteiger partial charge in [0.1, 0.15) is 17.7 Å². The molecular formula is C25H29F2N3O4. The second-order valence-corrected chi connectivity index (χ2v) is 8.20. The van der Waals surface area contributed by atoms with Crippen LogP contribution in [-0.4, -0.2) is 50.6 Å². The Labute approximate surface area is 197 Å². The van der Waals surface area contributed by atoms with E-state index in [-0.39, 0.29) is 30.2 Å². The molecule has 3 rings (SSSR count). The second-order valence-electron chi connectivity index (χ2n) is 8.20. The van der Waals surface area contributed by atoms with Gasteiger partial charge in [0.2, 0.25) is 0 Å². The maximum Gasteiger partial charge on any atom is 0.304 e. The minimum absolute atomic E-state index is 0.0327. The second kappa shape index (κ2) is 11.8. The Kier molecular flexibility index (Phi) is 8.79. The molecule has 0 radical (unpaired) electrons. The number of carboxylic acids is 1. The summed E-state index contributed by atoms with van der Waals surface area (Å²) >= 11 is 0. The molecular weight excluding hydrogens is 444 g/mol. The summed E-state index contributed by atoms with van der Waals surface area (Å²) < 4.78 is 40.3. The smallest absolute Gasteiger partial charge is 0.304 e. The monoisotopic (exact) mass is 473 g/mol. The van der Waals surface area contributed by atoms with Crippen LogP contribution in [0.4, 0.5) is 25.8 Å². The standard InChI is InChI=1S/C25H29F2N3O4/c1-3-30(19-6-8-34-9-7-19)24-13-22(27)20(17(15-33-2)10-25(31)32)12-23(24)29-18-5-4-16(14-28)21(26)11-18/h4-5,11-13,17,19,29H,3,6-10,15H2,1-2H3,(H,31,32). The number of aliphatic carboxylic acids is 1. The molecule has 0 amide bonds. The number of benzene rings is 2. The number of nitrogens with one attached hydrogen (secondary N) is 1. The molecule has 1 fully saturated rings. The topological polar surface area (TPSA) is 94.8 Å². The van der Waals surface area contributed by atoms with Gasteiger partial charge in [-0.15, -0.1) is 0 Å². The van der Waals surface area contributed by atoms with Gasteiger partial charge < -0.3 is 24.8 Å². The normalized spacial score (nSPS) is 14.9. The minimum atomic E-state index is -1.06. The first-order valence-electron chi connectivity index (χ1n) is 11.2. The van der Waals surface area contributed by atoms with E-state index in [0.717, 1.165) is 12.8 Å². The van der Waals surface area contributed by atoms with Gasteiger partial charge in [0.25, 0.3) is 0 Å². The summed E-state index contributed by atoms with van der Waals surface area (Å²) in [6.45, 7) is 3.84. The first-order chi connectivity index (χ1) is 16.4. The lowest BCUT2D eigenvalue weighted by Gasteiger charge is -2.37. The van der Waals surface area contributed by atoms with Gasteiger partial charge in [-0.25, -0.2) is 8.78 Å². The van der Waals surface area contributed by atoms with Gasteiger partial charge in [-0.05, 0) is 55.7 Å². The van der Waals surface area contributed by atoms with Crippen LogP contribution < -0.4 is 10.2 Å². The van der Waals surface area contributed by atoms with Gasteiger partial charge in [0, 0.05) is 44.5 Å². The molecule has 1 aliphatic rings. The van der Waals surface area contributed by atoms with E-state index < -0.39 is 23.5 Å². The van der Waals surface area contributed by atoms with Crippen molar-refractivity contribution in [2.24, 2.45) is 0 Å². The predicted octanol–water partition coefficient (Wildman–Crippen LogP) is 4.79. The van der Waals surface area contributed by atoms with E-state index in [2.05, 4.69) is 10.2 Å². The Morgan fingerprint density at radius 2 is 2.03 bits per heavy atom. The molecule has 0 bridgehead atoms. The molecule has 7 nitrogen and oxygen atoms in total. The van der Waals surface area contributed by atoms with Gasteiger partial charge in [0.15, 0.2) is 0 Å². The van der Waals surface area contributed by atoms with Crippen LogP contribution in [0.25, 0.3) is 0 Å². The Balaban J connectivity index is 2.09. The number of anilines is 3. The Hall–Kier alpha value is -3.22. The molecule has 0 aromatic heterocycles. The number of nitrogens with zero attached hydrogens (tertiary/aromatic N) is 2. The van der Waals surface area contributed by atoms with E-state index in [0.29, 0.717) is 36.8 Å². The van der Waals surface area contributed by atoms with Gasteiger partial charge in [-0.2, -0.15) is 5.26 Å². The zero-order valence-electron chi connectivity index (χ0n) is 19.3. The molecule has 0 saturated carbocycles. The minimum Gasteiger partial charge on any atom is -0.481 e. The third-order valence-corrected chi connectivity index (χ3v) is 5.99. The molecule has 1 atom stereocenters. The average molecular weight is 474 g/mol. The lowest BCUT2D eigenvalue weighted by atomic mass is 9.94. The van der Waals surface area contributed by atoms with Crippen LogP contribution in [-0.2, 0) is 14.3 Å². The maximum absolute atomic E-state index is 15.4. The van der Waals surface area contributed by atoms with E-state index in [4.69, 9.17) is 14.7 Å². The molecule has 9 heteroatoms. The van der Waals surface area contributed by atoms with Crippen LogP contribution in [0.2, 0.25) is 0 Å².